The van der Waals surface area contributed by atoms with Crippen molar-refractivity contribution in [3.8, 4) is 0 Å². The predicted octanol–water partition coefficient (Wildman–Crippen LogP) is 2.05. The summed E-state index contributed by atoms with van der Waals surface area (Å²) in [5, 5.41) is 12.5. The molecule has 0 aromatic rings. The van der Waals surface area contributed by atoms with E-state index in [0.29, 0.717) is 0 Å². The van der Waals surface area contributed by atoms with Crippen LogP contribution in [0.25, 0.3) is 24.6 Å². The van der Waals surface area contributed by atoms with Gasteiger partial charge in [0.25, 0.3) is 0 Å². The van der Waals surface area contributed by atoms with Gasteiger partial charge in [0, 0.05) is 0 Å². The van der Waals surface area contributed by atoms with Crippen LogP contribution in [0.3, 0.4) is 0 Å². The third-order valence-electron chi connectivity index (χ3n) is 0. The maximum absolute atomic E-state index is 8.47. The van der Waals surface area contributed by atoms with Gasteiger partial charge < -0.3 is 35.6 Å². The van der Waals surface area contributed by atoms with Crippen molar-refractivity contribution in [2.75, 3.05) is 0 Å². The topological polar surface area (TPSA) is 255 Å². The molecular formula is H12N5O5Pt2+3. The molecule has 0 radical (unpaired) electrons. The van der Waals surface area contributed by atoms with Gasteiger partial charge in [-0.2, -0.15) is 0 Å². The van der Waals surface area contributed by atoms with E-state index >= 15 is 0 Å². The van der Waals surface area contributed by atoms with Gasteiger partial charge in [-0.3, -0.25) is 0 Å². The Hall–Kier alpha value is 0.337. The van der Waals surface area contributed by atoms with E-state index in [4.69, 9.17) is 15.3 Å². The molecule has 0 spiro atoms. The number of nitrogens with zero attached hydrogens (tertiary/aromatic N) is 1. The van der Waals surface area contributed by atoms with Crippen molar-refractivity contribution in [3.63, 3.8) is 0 Å². The van der Waals surface area contributed by atoms with Gasteiger partial charge in [0.05, 0.1) is 0 Å². The molecule has 0 heterocycles. The molecule has 0 atom stereocenters. The standard InChI is InChI=1S/H2NO3.4H2N.2H2O.2Pt/c2-1(3)4;;;;;;;;/h(H2,2,3,4);6*1H2;;/q+1;4*-1;;;2*+4/p-2. The van der Waals surface area contributed by atoms with Gasteiger partial charge >= 0.3 is 47.2 Å². The summed E-state index contributed by atoms with van der Waals surface area (Å²) in [6.45, 7) is 0. The monoisotopic (exact) mass is 552 g/mol. The Balaban J connectivity index is -0.00000000161. The minimum atomic E-state index is -1.25. The summed E-state index contributed by atoms with van der Waals surface area (Å²) in [7, 11) is 0. The fourth-order valence-electron chi connectivity index (χ4n) is 0. The minimum Gasteiger partial charge on any atom is -0.870 e. The summed E-state index contributed by atoms with van der Waals surface area (Å²) < 4.78 is 0. The maximum Gasteiger partial charge on any atom is 4.00 e. The number of hydrogen-bond acceptors (Lipinski definition) is 3. The molecule has 0 aliphatic heterocycles. The molecular weight excluding hydrogens is 540 g/mol. The molecule has 0 aromatic heterocycles. The zero-order valence-electron chi connectivity index (χ0n) is 5.59. The Morgan fingerprint density at radius 3 is 0.750 bits per heavy atom. The number of rotatable bonds is 0. The first-order valence-electron chi connectivity index (χ1n) is 0.583. The molecule has 10 nitrogen and oxygen atoms in total. The molecule has 0 amide bonds. The fourth-order valence-corrected chi connectivity index (χ4v) is 0. The first-order chi connectivity index (χ1) is 1.73. The van der Waals surface area contributed by atoms with Crippen LogP contribution in [0.2, 0.25) is 0 Å². The van der Waals surface area contributed by atoms with Crippen molar-refractivity contribution in [1.82, 2.24) is 0 Å². The average molecular weight is 552 g/mol. The SMILES string of the molecule is O=[N+](O)O.[NH2-].[NH2-].[NH2-].[NH2-].[OH-].[OH-].[Pt+4].[Pt+4]. The molecule has 0 aliphatic rings. The predicted molar refractivity (Wildman–Crippen MR) is 32.2 cm³/mol. The Kier molecular flexibility index (Phi) is 1290. The normalized spacial score (nSPS) is 2.00. The van der Waals surface area contributed by atoms with Crippen molar-refractivity contribution in [1.29, 1.82) is 0 Å². The van der Waals surface area contributed by atoms with Crippen LogP contribution < -0.4 is 0 Å². The molecule has 12 heteroatoms. The Morgan fingerprint density at radius 1 is 0.750 bits per heavy atom. The van der Waals surface area contributed by atoms with Crippen LogP contribution in [0.15, 0.2) is 0 Å². The van der Waals surface area contributed by atoms with E-state index < -0.39 is 5.09 Å². The fraction of sp³-hybridized carbons (Fsp3) is 0. The quantitative estimate of drug-likeness (QED) is 0.427. The van der Waals surface area contributed by atoms with Crippen LogP contribution in [0.1, 0.15) is 0 Å². The Morgan fingerprint density at radius 2 is 0.750 bits per heavy atom. The molecule has 0 saturated heterocycles. The molecule has 0 bridgehead atoms. The Bertz CT molecular complexity index is 40.8. The van der Waals surface area contributed by atoms with Crippen LogP contribution in [-0.2, 0) is 42.1 Å². The van der Waals surface area contributed by atoms with E-state index in [1.807, 2.05) is 0 Å². The molecule has 12 heavy (non-hydrogen) atoms. The first kappa shape index (κ1) is 142. The van der Waals surface area contributed by atoms with Gasteiger partial charge in [0.2, 0.25) is 0 Å². The van der Waals surface area contributed by atoms with Gasteiger partial charge in [-0.1, -0.05) is 0 Å². The maximum atomic E-state index is 8.47. The van der Waals surface area contributed by atoms with E-state index in [0.717, 1.165) is 0 Å². The van der Waals surface area contributed by atoms with Crippen molar-refractivity contribution in [3.05, 3.63) is 29.5 Å². The molecule has 84 valence electrons. The van der Waals surface area contributed by atoms with E-state index in [1.165, 1.54) is 0 Å². The van der Waals surface area contributed by atoms with Gasteiger partial charge in [0.1, 0.15) is 4.91 Å². The first-order valence-corrected chi connectivity index (χ1v) is 0.583. The van der Waals surface area contributed by atoms with E-state index in [9.17, 15) is 0 Å². The largest absolute Gasteiger partial charge is 4.00 e. The molecule has 12 N–H and O–H groups in total. The van der Waals surface area contributed by atoms with Gasteiger partial charge in [0.15, 0.2) is 0 Å². The van der Waals surface area contributed by atoms with Gasteiger partial charge in [-0.15, -0.1) is 0 Å². The zero-order chi connectivity index (χ0) is 3.58. The summed E-state index contributed by atoms with van der Waals surface area (Å²) in [6, 6.07) is 0. The smallest absolute Gasteiger partial charge is 0.870 e. The van der Waals surface area contributed by atoms with Crippen molar-refractivity contribution in [2.45, 2.75) is 0 Å². The second kappa shape index (κ2) is 109. The second-order valence-electron chi connectivity index (χ2n) is 0.253. The summed E-state index contributed by atoms with van der Waals surface area (Å²) in [6.07, 6.45) is 0. The summed E-state index contributed by atoms with van der Waals surface area (Å²) >= 11 is 0. The van der Waals surface area contributed by atoms with Crippen LogP contribution in [0, 0.1) is 4.91 Å². The summed E-state index contributed by atoms with van der Waals surface area (Å²) in [4.78, 5) is 8.47. The second-order valence-corrected chi connectivity index (χ2v) is 0.253. The molecule has 0 aromatic carbocycles. The van der Waals surface area contributed by atoms with Crippen molar-refractivity contribution >= 4 is 0 Å². The third-order valence-corrected chi connectivity index (χ3v) is 0. The van der Waals surface area contributed by atoms with Crippen LogP contribution in [-0.4, -0.2) is 26.5 Å². The van der Waals surface area contributed by atoms with Crippen molar-refractivity contribution < 1.29 is 68.6 Å². The molecule has 0 fully saturated rings. The number of nitrogens with two attached hydrogens (primary N) is 4. The third kappa shape index (κ3) is 7950. The molecule has 0 rings (SSSR count). The Labute approximate surface area is 98.1 Å². The summed E-state index contributed by atoms with van der Waals surface area (Å²) in [5.74, 6) is 0. The van der Waals surface area contributed by atoms with Crippen LogP contribution >= 0.6 is 0 Å². The van der Waals surface area contributed by atoms with Crippen LogP contribution in [0.5, 0.6) is 0 Å². The molecule has 0 unspecified atom stereocenters. The number of hydrogen-bond donors (Lipinski definition) is 2. The molecule has 0 saturated carbocycles. The molecule has 0 aliphatic carbocycles. The van der Waals surface area contributed by atoms with Gasteiger partial charge in [-0.25, -0.2) is 10.4 Å². The van der Waals surface area contributed by atoms with Gasteiger partial charge in [-0.05, 0) is 0 Å². The van der Waals surface area contributed by atoms with Crippen molar-refractivity contribution in [2.24, 2.45) is 0 Å². The zero-order valence-corrected chi connectivity index (χ0v) is 10.1. The average Bonchev–Trinajstić information content (AvgIpc) is 0.811. The van der Waals surface area contributed by atoms with E-state index in [-0.39, 0.29) is 77.7 Å². The van der Waals surface area contributed by atoms with E-state index in [1.54, 1.807) is 0 Å². The van der Waals surface area contributed by atoms with Crippen LogP contribution in [0.4, 0.5) is 0 Å². The summed E-state index contributed by atoms with van der Waals surface area (Å²) in [5.41, 5.74) is 0. The van der Waals surface area contributed by atoms with E-state index in [2.05, 4.69) is 0 Å². The minimum absolute atomic E-state index is 0.